The minimum absolute atomic E-state index is 0.234. The van der Waals surface area contributed by atoms with Crippen LogP contribution in [-0.4, -0.2) is 12.9 Å². The van der Waals surface area contributed by atoms with Crippen LogP contribution >= 0.6 is 11.6 Å². The monoisotopic (exact) mass is 224 g/mol. The molecule has 1 aromatic rings. The predicted octanol–water partition coefficient (Wildman–Crippen LogP) is 2.89. The maximum Gasteiger partial charge on any atom is 0.387 e. The molecule has 6 heteroatoms. The van der Waals surface area contributed by atoms with Crippen LogP contribution in [0.5, 0.6) is 5.75 Å². The average molecular weight is 225 g/mol. The van der Waals surface area contributed by atoms with Crippen LogP contribution in [0.15, 0.2) is 12.1 Å². The van der Waals surface area contributed by atoms with Gasteiger partial charge in [0.05, 0.1) is 5.02 Å². The minimum Gasteiger partial charge on any atom is -0.435 e. The molecule has 1 aromatic carbocycles. The number of hydrogen-bond donors (Lipinski definition) is 0. The van der Waals surface area contributed by atoms with E-state index in [-0.39, 0.29) is 11.8 Å². The normalized spacial score (nSPS) is 10.4. The second-order valence-electron chi connectivity index (χ2n) is 2.30. The zero-order valence-electron chi connectivity index (χ0n) is 6.64. The Kier molecular flexibility index (Phi) is 3.35. The molecule has 0 spiro atoms. The van der Waals surface area contributed by atoms with Gasteiger partial charge in [-0.05, 0) is 6.07 Å². The third-order valence-corrected chi connectivity index (χ3v) is 1.78. The molecule has 0 aromatic heterocycles. The molecular formula is C8H4ClF3O2. The Labute approximate surface area is 82.2 Å². The molecule has 0 aliphatic heterocycles. The number of rotatable bonds is 3. The van der Waals surface area contributed by atoms with Crippen molar-refractivity contribution in [3.05, 3.63) is 28.5 Å². The van der Waals surface area contributed by atoms with Gasteiger partial charge < -0.3 is 4.74 Å². The standard InChI is InChI=1S/C8H4ClF3O2/c9-7-4(3-13)1-5(2-6(7)10)14-8(11)12/h1-3,8H. The highest BCUT2D eigenvalue weighted by molar-refractivity contribution is 6.33. The number of hydrogen-bond acceptors (Lipinski definition) is 2. The number of carbonyl (C=O) groups excluding carboxylic acids is 1. The molecule has 0 fully saturated rings. The molecule has 0 amide bonds. The van der Waals surface area contributed by atoms with E-state index < -0.39 is 23.2 Å². The lowest BCUT2D eigenvalue weighted by Gasteiger charge is -2.06. The molecule has 1 rings (SSSR count). The molecule has 0 radical (unpaired) electrons. The number of carbonyl (C=O) groups is 1. The minimum atomic E-state index is -3.07. The van der Waals surface area contributed by atoms with Crippen LogP contribution in [0, 0.1) is 5.82 Å². The van der Waals surface area contributed by atoms with Crippen molar-refractivity contribution in [3.8, 4) is 5.75 Å². The van der Waals surface area contributed by atoms with Gasteiger partial charge in [0.15, 0.2) is 6.29 Å². The van der Waals surface area contributed by atoms with Crippen molar-refractivity contribution < 1.29 is 22.7 Å². The summed E-state index contributed by atoms with van der Waals surface area (Å²) in [5.74, 6) is -1.42. The number of benzene rings is 1. The van der Waals surface area contributed by atoms with Crippen LogP contribution in [-0.2, 0) is 0 Å². The molecular weight excluding hydrogens is 221 g/mol. The van der Waals surface area contributed by atoms with E-state index in [0.29, 0.717) is 6.07 Å². The van der Waals surface area contributed by atoms with Crippen LogP contribution in [0.2, 0.25) is 5.02 Å². The molecule has 0 bridgehead atoms. The maximum atomic E-state index is 12.9. The topological polar surface area (TPSA) is 26.3 Å². The third kappa shape index (κ3) is 2.38. The molecule has 76 valence electrons. The maximum absolute atomic E-state index is 12.9. The summed E-state index contributed by atoms with van der Waals surface area (Å²) in [6, 6.07) is 1.62. The van der Waals surface area contributed by atoms with Crippen molar-refractivity contribution in [2.75, 3.05) is 0 Å². The van der Waals surface area contributed by atoms with Gasteiger partial charge in [-0.2, -0.15) is 8.78 Å². The second kappa shape index (κ2) is 4.32. The van der Waals surface area contributed by atoms with Gasteiger partial charge in [-0.25, -0.2) is 4.39 Å². The number of halogens is 4. The van der Waals surface area contributed by atoms with Gasteiger partial charge in [0, 0.05) is 11.6 Å². The molecule has 14 heavy (non-hydrogen) atoms. The van der Waals surface area contributed by atoms with E-state index in [0.717, 1.165) is 6.07 Å². The van der Waals surface area contributed by atoms with Crippen molar-refractivity contribution in [1.29, 1.82) is 0 Å². The molecule has 0 heterocycles. The van der Waals surface area contributed by atoms with Crippen LogP contribution in [0.3, 0.4) is 0 Å². The Bertz CT molecular complexity index is 355. The first-order valence-corrected chi connectivity index (χ1v) is 3.81. The molecule has 2 nitrogen and oxygen atoms in total. The molecule has 0 unspecified atom stereocenters. The molecule has 0 saturated carbocycles. The van der Waals surface area contributed by atoms with E-state index in [1.165, 1.54) is 0 Å². The van der Waals surface area contributed by atoms with Crippen LogP contribution in [0.4, 0.5) is 13.2 Å². The van der Waals surface area contributed by atoms with E-state index in [1.807, 2.05) is 0 Å². The summed E-state index contributed by atoms with van der Waals surface area (Å²) in [6.45, 7) is -3.07. The Morgan fingerprint density at radius 2 is 2.07 bits per heavy atom. The predicted molar refractivity (Wildman–Crippen MR) is 43.4 cm³/mol. The number of alkyl halides is 2. The van der Waals surface area contributed by atoms with Gasteiger partial charge in [0.2, 0.25) is 0 Å². The van der Waals surface area contributed by atoms with E-state index in [9.17, 15) is 18.0 Å². The lowest BCUT2D eigenvalue weighted by molar-refractivity contribution is -0.0500. The Hall–Kier alpha value is -1.23. The van der Waals surface area contributed by atoms with Gasteiger partial charge in [0.25, 0.3) is 0 Å². The largest absolute Gasteiger partial charge is 0.435 e. The smallest absolute Gasteiger partial charge is 0.387 e. The zero-order chi connectivity index (χ0) is 10.7. The van der Waals surface area contributed by atoms with Crippen molar-refractivity contribution in [3.63, 3.8) is 0 Å². The van der Waals surface area contributed by atoms with E-state index in [4.69, 9.17) is 11.6 Å². The van der Waals surface area contributed by atoms with Gasteiger partial charge in [-0.1, -0.05) is 11.6 Å². The van der Waals surface area contributed by atoms with Crippen LogP contribution in [0.1, 0.15) is 10.4 Å². The van der Waals surface area contributed by atoms with Gasteiger partial charge in [-0.3, -0.25) is 4.79 Å². The summed E-state index contributed by atoms with van der Waals surface area (Å²) in [7, 11) is 0. The second-order valence-corrected chi connectivity index (χ2v) is 2.68. The molecule has 0 saturated heterocycles. The fourth-order valence-electron chi connectivity index (χ4n) is 0.841. The Balaban J connectivity index is 3.09. The van der Waals surface area contributed by atoms with Crippen LogP contribution < -0.4 is 4.74 Å². The lowest BCUT2D eigenvalue weighted by Crippen LogP contribution is -2.03. The molecule has 0 N–H and O–H groups in total. The van der Waals surface area contributed by atoms with Gasteiger partial charge in [-0.15, -0.1) is 0 Å². The van der Waals surface area contributed by atoms with Crippen LogP contribution in [0.25, 0.3) is 0 Å². The first kappa shape index (κ1) is 10.8. The summed E-state index contributed by atoms with van der Waals surface area (Å²) >= 11 is 5.35. The lowest BCUT2D eigenvalue weighted by atomic mass is 10.2. The van der Waals surface area contributed by atoms with Crippen molar-refractivity contribution >= 4 is 17.9 Å². The Morgan fingerprint density at radius 3 is 2.57 bits per heavy atom. The summed E-state index contributed by atoms with van der Waals surface area (Å²) in [4.78, 5) is 10.3. The third-order valence-electron chi connectivity index (χ3n) is 1.38. The van der Waals surface area contributed by atoms with E-state index >= 15 is 0 Å². The van der Waals surface area contributed by atoms with E-state index in [2.05, 4.69) is 4.74 Å². The number of ether oxygens (including phenoxy) is 1. The molecule has 0 aliphatic carbocycles. The first-order chi connectivity index (χ1) is 6.54. The Morgan fingerprint density at radius 1 is 1.43 bits per heavy atom. The zero-order valence-corrected chi connectivity index (χ0v) is 7.39. The highest BCUT2D eigenvalue weighted by atomic mass is 35.5. The van der Waals surface area contributed by atoms with Crippen molar-refractivity contribution in [2.45, 2.75) is 6.61 Å². The molecule has 0 atom stereocenters. The van der Waals surface area contributed by atoms with Crippen molar-refractivity contribution in [1.82, 2.24) is 0 Å². The average Bonchev–Trinajstić information content (AvgIpc) is 2.10. The SMILES string of the molecule is O=Cc1cc(OC(F)F)cc(F)c1Cl. The fourth-order valence-corrected chi connectivity index (χ4v) is 0.995. The first-order valence-electron chi connectivity index (χ1n) is 3.43. The fraction of sp³-hybridized carbons (Fsp3) is 0.125. The number of aldehydes is 1. The summed E-state index contributed by atoms with van der Waals surface area (Å²) < 4.78 is 40.2. The summed E-state index contributed by atoms with van der Waals surface area (Å²) in [5.41, 5.74) is -0.234. The quantitative estimate of drug-likeness (QED) is 0.738. The highest BCUT2D eigenvalue weighted by Gasteiger charge is 2.11. The van der Waals surface area contributed by atoms with Gasteiger partial charge in [0.1, 0.15) is 11.6 Å². The summed E-state index contributed by atoms with van der Waals surface area (Å²) in [6.07, 6.45) is 0.254. The summed E-state index contributed by atoms with van der Waals surface area (Å²) in [5, 5.41) is -0.415. The van der Waals surface area contributed by atoms with Crippen molar-refractivity contribution in [2.24, 2.45) is 0 Å². The van der Waals surface area contributed by atoms with E-state index in [1.54, 1.807) is 0 Å². The van der Waals surface area contributed by atoms with Gasteiger partial charge >= 0.3 is 6.61 Å². The highest BCUT2D eigenvalue weighted by Crippen LogP contribution is 2.25. The molecule has 0 aliphatic rings.